The first-order chi connectivity index (χ1) is 15.0. The molecule has 0 aliphatic rings. The van der Waals surface area contributed by atoms with Gasteiger partial charge in [-0.1, -0.05) is 30.0 Å². The average molecular weight is 440 g/mol. The number of rotatable bonds is 6. The number of hydrogen-bond acceptors (Lipinski definition) is 5. The van der Waals surface area contributed by atoms with Crippen molar-refractivity contribution in [1.29, 1.82) is 0 Å². The highest BCUT2D eigenvalue weighted by molar-refractivity contribution is 7.98. The van der Waals surface area contributed by atoms with Crippen molar-refractivity contribution in [2.75, 3.05) is 14.2 Å². The summed E-state index contributed by atoms with van der Waals surface area (Å²) in [6, 6.07) is 15.9. The maximum absolute atomic E-state index is 13.6. The van der Waals surface area contributed by atoms with Crippen LogP contribution >= 0.6 is 11.8 Å². The van der Waals surface area contributed by atoms with Crippen LogP contribution in [0.1, 0.15) is 5.56 Å². The van der Waals surface area contributed by atoms with Crippen LogP contribution in [0.5, 0.6) is 11.5 Å². The fourth-order valence-electron chi connectivity index (χ4n) is 3.17. The number of para-hydroxylation sites is 1. The van der Waals surface area contributed by atoms with Crippen molar-refractivity contribution in [3.63, 3.8) is 0 Å². The maximum Gasteiger partial charge on any atom is 0.266 e. The Hall–Kier alpha value is -3.39. The van der Waals surface area contributed by atoms with E-state index in [0.717, 1.165) is 12.1 Å². The molecule has 0 bridgehead atoms. The Bertz CT molecular complexity index is 1320. The quantitative estimate of drug-likeness (QED) is 0.313. The molecular weight excluding hydrogens is 422 g/mol. The largest absolute Gasteiger partial charge is 0.497 e. The summed E-state index contributed by atoms with van der Waals surface area (Å²) in [5, 5.41) is 0.856. The monoisotopic (exact) mass is 440 g/mol. The van der Waals surface area contributed by atoms with Gasteiger partial charge in [0.25, 0.3) is 5.56 Å². The van der Waals surface area contributed by atoms with E-state index in [4.69, 9.17) is 9.47 Å². The van der Waals surface area contributed by atoms with Gasteiger partial charge in [0.1, 0.15) is 11.5 Å². The standard InChI is InChI=1S/C23H18F2N2O3S/c1-29-15-8-10-20(21(12-15)30-2)27-22(28)16-5-3-4-6-19(16)26-23(27)31-13-14-7-9-17(24)18(25)11-14/h3-12H,13H2,1-2H3. The predicted molar refractivity (Wildman–Crippen MR) is 116 cm³/mol. The highest BCUT2D eigenvalue weighted by Gasteiger charge is 2.17. The zero-order chi connectivity index (χ0) is 22.0. The Morgan fingerprint density at radius 2 is 1.77 bits per heavy atom. The molecule has 5 nitrogen and oxygen atoms in total. The first-order valence-electron chi connectivity index (χ1n) is 9.32. The third-order valence-electron chi connectivity index (χ3n) is 4.72. The summed E-state index contributed by atoms with van der Waals surface area (Å²) in [5.41, 5.74) is 1.35. The van der Waals surface area contributed by atoms with Crippen LogP contribution < -0.4 is 15.0 Å². The van der Waals surface area contributed by atoms with E-state index in [2.05, 4.69) is 4.98 Å². The molecule has 1 heterocycles. The average Bonchev–Trinajstić information content (AvgIpc) is 2.79. The molecule has 158 valence electrons. The van der Waals surface area contributed by atoms with Crippen molar-refractivity contribution in [1.82, 2.24) is 9.55 Å². The molecule has 0 aliphatic carbocycles. The van der Waals surface area contributed by atoms with Crippen LogP contribution in [-0.4, -0.2) is 23.8 Å². The van der Waals surface area contributed by atoms with Gasteiger partial charge >= 0.3 is 0 Å². The van der Waals surface area contributed by atoms with Crippen molar-refractivity contribution >= 4 is 22.7 Å². The van der Waals surface area contributed by atoms with Crippen LogP contribution in [0, 0.1) is 11.6 Å². The fraction of sp³-hybridized carbons (Fsp3) is 0.130. The number of benzene rings is 3. The fourth-order valence-corrected chi connectivity index (χ4v) is 4.12. The van der Waals surface area contributed by atoms with Crippen LogP contribution in [0.25, 0.3) is 16.6 Å². The first kappa shape index (κ1) is 20.9. The molecule has 3 aromatic carbocycles. The first-order valence-corrected chi connectivity index (χ1v) is 10.3. The lowest BCUT2D eigenvalue weighted by atomic mass is 10.2. The Balaban J connectivity index is 1.86. The molecule has 0 saturated carbocycles. The summed E-state index contributed by atoms with van der Waals surface area (Å²) in [4.78, 5) is 18.1. The molecule has 1 aromatic heterocycles. The Morgan fingerprint density at radius 1 is 0.968 bits per heavy atom. The minimum absolute atomic E-state index is 0.262. The van der Waals surface area contributed by atoms with Crippen molar-refractivity contribution in [3.05, 3.63) is 88.2 Å². The van der Waals surface area contributed by atoms with Gasteiger partial charge in [-0.25, -0.2) is 13.8 Å². The Kier molecular flexibility index (Phi) is 5.90. The summed E-state index contributed by atoms with van der Waals surface area (Å²) in [5.74, 6) is -0.511. The summed E-state index contributed by atoms with van der Waals surface area (Å²) in [6.45, 7) is 0. The van der Waals surface area contributed by atoms with Crippen LogP contribution in [0.2, 0.25) is 0 Å². The SMILES string of the molecule is COc1ccc(-n2c(SCc3ccc(F)c(F)c3)nc3ccccc3c2=O)c(OC)c1. The zero-order valence-corrected chi connectivity index (χ0v) is 17.6. The zero-order valence-electron chi connectivity index (χ0n) is 16.8. The van der Waals surface area contributed by atoms with Crippen LogP contribution in [0.15, 0.2) is 70.6 Å². The number of halogens is 2. The lowest BCUT2D eigenvalue weighted by Gasteiger charge is -2.16. The van der Waals surface area contributed by atoms with E-state index >= 15 is 0 Å². The summed E-state index contributed by atoms with van der Waals surface area (Å²) < 4.78 is 39.1. The van der Waals surface area contributed by atoms with Gasteiger partial charge in [0.2, 0.25) is 0 Å². The van der Waals surface area contributed by atoms with E-state index in [9.17, 15) is 13.6 Å². The van der Waals surface area contributed by atoms with E-state index in [1.165, 1.54) is 29.5 Å². The van der Waals surface area contributed by atoms with Gasteiger partial charge in [0.15, 0.2) is 16.8 Å². The minimum atomic E-state index is -0.918. The van der Waals surface area contributed by atoms with Crippen molar-refractivity contribution in [2.24, 2.45) is 0 Å². The normalized spacial score (nSPS) is 11.0. The molecule has 0 amide bonds. The van der Waals surface area contributed by atoms with Crippen LogP contribution in [0.4, 0.5) is 8.78 Å². The second-order valence-corrected chi connectivity index (χ2v) is 7.57. The van der Waals surface area contributed by atoms with Crippen molar-refractivity contribution < 1.29 is 18.3 Å². The van der Waals surface area contributed by atoms with Crippen molar-refractivity contribution in [3.8, 4) is 17.2 Å². The topological polar surface area (TPSA) is 53.4 Å². The molecule has 0 N–H and O–H groups in total. The summed E-state index contributed by atoms with van der Waals surface area (Å²) in [7, 11) is 3.05. The van der Waals surface area contributed by atoms with Gasteiger partial charge in [-0.05, 0) is 42.0 Å². The van der Waals surface area contributed by atoms with Gasteiger partial charge in [0.05, 0.1) is 30.8 Å². The molecular formula is C23H18F2N2O3S. The van der Waals surface area contributed by atoms with E-state index in [0.29, 0.717) is 44.6 Å². The van der Waals surface area contributed by atoms with E-state index < -0.39 is 11.6 Å². The van der Waals surface area contributed by atoms with E-state index in [1.807, 2.05) is 0 Å². The Labute approximate surface area is 181 Å². The molecule has 0 atom stereocenters. The summed E-state index contributed by atoms with van der Waals surface area (Å²) in [6.07, 6.45) is 0. The molecule has 31 heavy (non-hydrogen) atoms. The molecule has 8 heteroatoms. The van der Waals surface area contributed by atoms with Gasteiger partial charge in [-0.3, -0.25) is 9.36 Å². The van der Waals surface area contributed by atoms with Crippen molar-refractivity contribution in [2.45, 2.75) is 10.9 Å². The smallest absolute Gasteiger partial charge is 0.266 e. The highest BCUT2D eigenvalue weighted by atomic mass is 32.2. The third-order valence-corrected chi connectivity index (χ3v) is 5.73. The molecule has 0 radical (unpaired) electrons. The van der Waals surface area contributed by atoms with Gasteiger partial charge < -0.3 is 9.47 Å². The van der Waals surface area contributed by atoms with E-state index in [-0.39, 0.29) is 5.56 Å². The minimum Gasteiger partial charge on any atom is -0.497 e. The van der Waals surface area contributed by atoms with Crippen LogP contribution in [0.3, 0.4) is 0 Å². The summed E-state index contributed by atoms with van der Waals surface area (Å²) >= 11 is 1.24. The number of nitrogens with zero attached hydrogens (tertiary/aromatic N) is 2. The Morgan fingerprint density at radius 3 is 2.52 bits per heavy atom. The molecule has 0 spiro atoms. The molecule has 0 aliphatic heterocycles. The van der Waals surface area contributed by atoms with Gasteiger partial charge in [0, 0.05) is 11.8 Å². The number of aromatic nitrogens is 2. The second kappa shape index (κ2) is 8.77. The molecule has 0 fully saturated rings. The number of methoxy groups -OCH3 is 2. The molecule has 0 unspecified atom stereocenters. The lowest BCUT2D eigenvalue weighted by molar-refractivity contribution is 0.392. The molecule has 4 aromatic rings. The van der Waals surface area contributed by atoms with Gasteiger partial charge in [-0.2, -0.15) is 0 Å². The molecule has 0 saturated heterocycles. The highest BCUT2D eigenvalue weighted by Crippen LogP contribution is 2.31. The number of ether oxygens (including phenoxy) is 2. The predicted octanol–water partition coefficient (Wildman–Crippen LogP) is 4.97. The lowest BCUT2D eigenvalue weighted by Crippen LogP contribution is -2.22. The van der Waals surface area contributed by atoms with Gasteiger partial charge in [-0.15, -0.1) is 0 Å². The third kappa shape index (κ3) is 4.11. The number of fused-ring (bicyclic) bond motifs is 1. The molecule has 4 rings (SSSR count). The number of hydrogen-bond donors (Lipinski definition) is 0. The van der Waals surface area contributed by atoms with E-state index in [1.54, 1.807) is 49.6 Å². The number of thioether (sulfide) groups is 1. The van der Waals surface area contributed by atoms with Crippen LogP contribution in [-0.2, 0) is 5.75 Å². The second-order valence-electron chi connectivity index (χ2n) is 6.63. The maximum atomic E-state index is 13.6.